The van der Waals surface area contributed by atoms with Crippen LogP contribution in [0, 0.1) is 11.8 Å². The molecule has 3 fully saturated rings. The summed E-state index contributed by atoms with van der Waals surface area (Å²) in [6.07, 6.45) is 11.2. The summed E-state index contributed by atoms with van der Waals surface area (Å²) in [5.74, 6) is 1.85. The van der Waals surface area contributed by atoms with Gasteiger partial charge in [-0.25, -0.2) is 0 Å². The van der Waals surface area contributed by atoms with Gasteiger partial charge in [-0.3, -0.25) is 4.90 Å². The van der Waals surface area contributed by atoms with Gasteiger partial charge in [0.05, 0.1) is 0 Å². The number of fused-ring (bicyclic) bond motifs is 6. The predicted octanol–water partition coefficient (Wildman–Crippen LogP) is 2.47. The summed E-state index contributed by atoms with van der Waals surface area (Å²) in [7, 11) is 0. The van der Waals surface area contributed by atoms with E-state index in [1.165, 1.54) is 64.7 Å². The molecule has 0 radical (unpaired) electrons. The molecule has 0 aromatic carbocycles. The van der Waals surface area contributed by atoms with Gasteiger partial charge < -0.3 is 4.90 Å². The third kappa shape index (κ3) is 1.64. The largest absolute Gasteiger partial charge is 0.374 e. The van der Waals surface area contributed by atoms with Gasteiger partial charge in [0.1, 0.15) is 0 Å². The highest BCUT2D eigenvalue weighted by molar-refractivity contribution is 5.16. The molecule has 0 aromatic heterocycles. The average Bonchev–Trinajstić information content (AvgIpc) is 2.39. The first kappa shape index (κ1) is 10.4. The molecule has 0 aliphatic carbocycles. The van der Waals surface area contributed by atoms with E-state index in [2.05, 4.69) is 15.9 Å². The Morgan fingerprint density at radius 1 is 1.06 bits per heavy atom. The molecule has 3 atom stereocenters. The molecule has 2 heteroatoms. The number of allylic oxidation sites excluding steroid dienone is 1. The van der Waals surface area contributed by atoms with E-state index in [1.54, 1.807) is 5.70 Å². The molecule has 0 N–H and O–H groups in total. The number of piperidine rings is 3. The number of rotatable bonds is 0. The molecular formula is C15H24N2. The van der Waals surface area contributed by atoms with Crippen molar-refractivity contribution in [3.05, 3.63) is 11.8 Å². The van der Waals surface area contributed by atoms with Gasteiger partial charge in [-0.1, -0.05) is 12.5 Å². The van der Waals surface area contributed by atoms with Crippen molar-refractivity contribution < 1.29 is 0 Å². The zero-order valence-corrected chi connectivity index (χ0v) is 10.8. The summed E-state index contributed by atoms with van der Waals surface area (Å²) in [6.45, 7) is 5.45. The van der Waals surface area contributed by atoms with Crippen LogP contribution in [0.3, 0.4) is 0 Å². The Hall–Kier alpha value is -0.500. The molecule has 3 saturated heterocycles. The Labute approximate surface area is 105 Å². The van der Waals surface area contributed by atoms with E-state index in [9.17, 15) is 0 Å². The Morgan fingerprint density at radius 2 is 2.06 bits per heavy atom. The van der Waals surface area contributed by atoms with Gasteiger partial charge in [0.25, 0.3) is 0 Å². The highest BCUT2D eigenvalue weighted by Crippen LogP contribution is 2.42. The second-order valence-corrected chi connectivity index (χ2v) is 6.47. The van der Waals surface area contributed by atoms with Crippen molar-refractivity contribution in [2.45, 2.75) is 44.6 Å². The summed E-state index contributed by atoms with van der Waals surface area (Å²) in [5.41, 5.74) is 1.72. The number of hydrogen-bond donors (Lipinski definition) is 0. The van der Waals surface area contributed by atoms with Crippen LogP contribution in [0.1, 0.15) is 38.5 Å². The Bertz CT molecular complexity index is 336. The molecule has 4 aliphatic heterocycles. The van der Waals surface area contributed by atoms with E-state index in [-0.39, 0.29) is 0 Å². The summed E-state index contributed by atoms with van der Waals surface area (Å²) >= 11 is 0. The fourth-order valence-corrected chi connectivity index (χ4v) is 4.76. The van der Waals surface area contributed by atoms with Crippen molar-refractivity contribution in [1.29, 1.82) is 0 Å². The molecule has 4 rings (SSSR count). The van der Waals surface area contributed by atoms with Crippen LogP contribution in [-0.4, -0.2) is 42.0 Å². The molecule has 0 unspecified atom stereocenters. The lowest BCUT2D eigenvalue weighted by Crippen LogP contribution is -2.58. The van der Waals surface area contributed by atoms with Gasteiger partial charge in [-0.15, -0.1) is 0 Å². The standard InChI is InChI=1S/C15H24N2/c1-3-7-16-11-13-9-12(14(16)5-1)10-17-8-4-2-6-15(13)17/h5,12-13,15H,1-4,6-11H2/t12-,13-,15+/m1/s1. The van der Waals surface area contributed by atoms with Gasteiger partial charge in [-0.2, -0.15) is 0 Å². The van der Waals surface area contributed by atoms with E-state index in [4.69, 9.17) is 0 Å². The monoisotopic (exact) mass is 232 g/mol. The van der Waals surface area contributed by atoms with E-state index >= 15 is 0 Å². The van der Waals surface area contributed by atoms with Crippen molar-refractivity contribution in [2.24, 2.45) is 11.8 Å². The maximum Gasteiger partial charge on any atom is 0.0218 e. The van der Waals surface area contributed by atoms with Crippen molar-refractivity contribution in [3.8, 4) is 0 Å². The molecule has 0 saturated carbocycles. The summed E-state index contributed by atoms with van der Waals surface area (Å²) in [5, 5.41) is 0. The van der Waals surface area contributed by atoms with Gasteiger partial charge >= 0.3 is 0 Å². The van der Waals surface area contributed by atoms with E-state index in [0.29, 0.717) is 0 Å². The normalized spacial score (nSPS) is 41.5. The quantitative estimate of drug-likeness (QED) is 0.633. The molecule has 4 aliphatic rings. The van der Waals surface area contributed by atoms with Crippen LogP contribution >= 0.6 is 0 Å². The van der Waals surface area contributed by atoms with Crippen LogP contribution in [-0.2, 0) is 0 Å². The van der Waals surface area contributed by atoms with Crippen molar-refractivity contribution in [3.63, 3.8) is 0 Å². The first-order valence-corrected chi connectivity index (χ1v) is 7.61. The molecule has 2 bridgehead atoms. The maximum absolute atomic E-state index is 2.83. The zero-order chi connectivity index (χ0) is 11.2. The number of nitrogens with zero attached hydrogens (tertiary/aromatic N) is 2. The van der Waals surface area contributed by atoms with Gasteiger partial charge in [0.15, 0.2) is 0 Å². The van der Waals surface area contributed by atoms with Crippen molar-refractivity contribution >= 4 is 0 Å². The summed E-state index contributed by atoms with van der Waals surface area (Å²) in [6, 6.07) is 0.934. The second-order valence-electron chi connectivity index (χ2n) is 6.47. The van der Waals surface area contributed by atoms with E-state index in [1.807, 2.05) is 0 Å². The minimum absolute atomic E-state index is 0.878. The Balaban J connectivity index is 1.62. The van der Waals surface area contributed by atoms with Crippen LogP contribution in [0.4, 0.5) is 0 Å². The molecule has 4 heterocycles. The smallest absolute Gasteiger partial charge is 0.0218 e. The van der Waals surface area contributed by atoms with Gasteiger partial charge in [0, 0.05) is 37.3 Å². The van der Waals surface area contributed by atoms with Crippen LogP contribution in [0.5, 0.6) is 0 Å². The van der Waals surface area contributed by atoms with Crippen LogP contribution in [0.25, 0.3) is 0 Å². The van der Waals surface area contributed by atoms with Crippen molar-refractivity contribution in [2.75, 3.05) is 26.2 Å². The number of hydrogen-bond acceptors (Lipinski definition) is 2. The summed E-state index contributed by atoms with van der Waals surface area (Å²) in [4.78, 5) is 5.56. The van der Waals surface area contributed by atoms with Gasteiger partial charge in [0.2, 0.25) is 0 Å². The molecule has 17 heavy (non-hydrogen) atoms. The molecule has 0 amide bonds. The molecule has 0 aromatic rings. The second kappa shape index (κ2) is 4.01. The Kier molecular flexibility index (Phi) is 2.46. The van der Waals surface area contributed by atoms with Crippen LogP contribution < -0.4 is 0 Å². The molecular weight excluding hydrogens is 208 g/mol. The zero-order valence-electron chi connectivity index (χ0n) is 10.8. The highest BCUT2D eigenvalue weighted by Gasteiger charge is 2.43. The lowest BCUT2D eigenvalue weighted by atomic mass is 9.74. The lowest BCUT2D eigenvalue weighted by Gasteiger charge is -2.54. The fourth-order valence-electron chi connectivity index (χ4n) is 4.76. The molecule has 0 spiro atoms. The minimum Gasteiger partial charge on any atom is -0.374 e. The third-order valence-electron chi connectivity index (χ3n) is 5.47. The first-order valence-electron chi connectivity index (χ1n) is 7.61. The predicted molar refractivity (Wildman–Crippen MR) is 69.7 cm³/mol. The van der Waals surface area contributed by atoms with Crippen LogP contribution in [0.15, 0.2) is 11.8 Å². The highest BCUT2D eigenvalue weighted by atomic mass is 15.2. The van der Waals surface area contributed by atoms with Gasteiger partial charge in [-0.05, 0) is 44.6 Å². The molecule has 2 nitrogen and oxygen atoms in total. The fraction of sp³-hybridized carbons (Fsp3) is 0.867. The SMILES string of the molecule is C1=C2[C@@H]3C[C@H](CN2CCC1)[C@@H]1CCCCN1C3. The third-order valence-corrected chi connectivity index (χ3v) is 5.47. The van der Waals surface area contributed by atoms with Crippen molar-refractivity contribution in [1.82, 2.24) is 9.80 Å². The van der Waals surface area contributed by atoms with E-state index < -0.39 is 0 Å². The summed E-state index contributed by atoms with van der Waals surface area (Å²) < 4.78 is 0. The topological polar surface area (TPSA) is 6.48 Å². The molecule has 94 valence electrons. The Morgan fingerprint density at radius 3 is 3.06 bits per heavy atom. The van der Waals surface area contributed by atoms with Crippen LogP contribution in [0.2, 0.25) is 0 Å². The lowest BCUT2D eigenvalue weighted by molar-refractivity contribution is -0.00969. The first-order chi connectivity index (χ1) is 8.42. The maximum atomic E-state index is 2.83. The van der Waals surface area contributed by atoms with E-state index in [0.717, 1.165) is 17.9 Å². The average molecular weight is 232 g/mol. The minimum atomic E-state index is 0.878.